The summed E-state index contributed by atoms with van der Waals surface area (Å²) >= 11 is 3.84. The minimum Gasteiger partial charge on any atom is -0.465 e. The third-order valence-corrected chi connectivity index (χ3v) is 1.87. The van der Waals surface area contributed by atoms with Crippen LogP contribution in [0.15, 0.2) is 0 Å². The van der Waals surface area contributed by atoms with Crippen LogP contribution in [0, 0.1) is 10.1 Å². The normalized spacial score (nSPS) is 11.9. The largest absolute Gasteiger partial charge is 0.465 e. The summed E-state index contributed by atoms with van der Waals surface area (Å²) in [6.07, 6.45) is 0.948. The maximum Gasteiger partial charge on any atom is 0.323 e. The second-order valence-corrected chi connectivity index (χ2v) is 3.09. The highest BCUT2D eigenvalue weighted by Crippen LogP contribution is 1.94. The average Bonchev–Trinajstić information content (AvgIpc) is 2.21. The van der Waals surface area contributed by atoms with Gasteiger partial charge in [0.05, 0.1) is 13.2 Å². The standard InChI is InChI=1S/C7H14N2O5S/c8-6(5-15)7(10)13-3-1-2-4-14-9(11)12/h6,15H,1-5,8H2/t6-/m0/s1. The lowest BCUT2D eigenvalue weighted by Gasteiger charge is -2.08. The fourth-order valence-corrected chi connectivity index (χ4v) is 0.847. The Morgan fingerprint density at radius 3 is 2.60 bits per heavy atom. The SMILES string of the molecule is N[C@@H](CS)C(=O)OCCCCO[N+](=O)[O-]. The molecular weight excluding hydrogens is 224 g/mol. The van der Waals surface area contributed by atoms with Crippen molar-refractivity contribution in [1.82, 2.24) is 0 Å². The summed E-state index contributed by atoms with van der Waals surface area (Å²) in [5.41, 5.74) is 5.33. The van der Waals surface area contributed by atoms with Gasteiger partial charge in [-0.1, -0.05) is 0 Å². The van der Waals surface area contributed by atoms with E-state index in [1.165, 1.54) is 0 Å². The van der Waals surface area contributed by atoms with Crippen LogP contribution in [0.2, 0.25) is 0 Å². The molecule has 0 aliphatic heterocycles. The van der Waals surface area contributed by atoms with E-state index in [1.54, 1.807) is 0 Å². The molecule has 0 bridgehead atoms. The van der Waals surface area contributed by atoms with Crippen LogP contribution < -0.4 is 5.73 Å². The van der Waals surface area contributed by atoms with Crippen LogP contribution in [0.1, 0.15) is 12.8 Å². The van der Waals surface area contributed by atoms with Gasteiger partial charge in [0.15, 0.2) is 0 Å². The molecule has 0 saturated carbocycles. The van der Waals surface area contributed by atoms with Crippen LogP contribution in [0.5, 0.6) is 0 Å². The first-order valence-corrected chi connectivity index (χ1v) is 5.01. The molecule has 0 rings (SSSR count). The fraction of sp³-hybridized carbons (Fsp3) is 0.857. The number of thiol groups is 1. The van der Waals surface area contributed by atoms with Gasteiger partial charge in [-0.2, -0.15) is 12.6 Å². The van der Waals surface area contributed by atoms with Crippen molar-refractivity contribution in [3.63, 3.8) is 0 Å². The molecular formula is C7H14N2O5S. The van der Waals surface area contributed by atoms with E-state index in [4.69, 9.17) is 10.5 Å². The Bertz CT molecular complexity index is 214. The lowest BCUT2D eigenvalue weighted by molar-refractivity contribution is -0.757. The number of nitrogens with two attached hydrogens (primary N) is 1. The van der Waals surface area contributed by atoms with E-state index in [9.17, 15) is 14.9 Å². The molecule has 0 aliphatic carbocycles. The van der Waals surface area contributed by atoms with E-state index in [-0.39, 0.29) is 19.0 Å². The van der Waals surface area contributed by atoms with Crippen molar-refractivity contribution >= 4 is 18.6 Å². The first-order chi connectivity index (χ1) is 7.07. The molecule has 0 spiro atoms. The number of hydrogen-bond donors (Lipinski definition) is 2. The molecule has 0 aliphatic rings. The summed E-state index contributed by atoms with van der Waals surface area (Å²) < 4.78 is 4.76. The molecule has 0 fully saturated rings. The third-order valence-electron chi connectivity index (χ3n) is 1.48. The van der Waals surface area contributed by atoms with Gasteiger partial charge in [0, 0.05) is 5.75 Å². The predicted octanol–water partition coefficient (Wildman–Crippen LogP) is -0.225. The molecule has 7 nitrogen and oxygen atoms in total. The molecule has 8 heteroatoms. The van der Waals surface area contributed by atoms with Crippen molar-refractivity contribution < 1.29 is 19.5 Å². The number of carbonyl (C=O) groups is 1. The highest BCUT2D eigenvalue weighted by molar-refractivity contribution is 7.80. The molecule has 0 unspecified atom stereocenters. The highest BCUT2D eigenvalue weighted by atomic mass is 32.1. The third kappa shape index (κ3) is 8.01. The summed E-state index contributed by atoms with van der Waals surface area (Å²) in [5.74, 6) is -0.288. The van der Waals surface area contributed by atoms with Gasteiger partial charge in [-0.05, 0) is 12.8 Å². The van der Waals surface area contributed by atoms with Crippen molar-refractivity contribution in [2.45, 2.75) is 18.9 Å². The quantitative estimate of drug-likeness (QED) is 0.199. The lowest BCUT2D eigenvalue weighted by atomic mass is 10.3. The van der Waals surface area contributed by atoms with Crippen molar-refractivity contribution in [2.75, 3.05) is 19.0 Å². The summed E-state index contributed by atoms with van der Waals surface area (Å²) in [5, 5.41) is 8.88. The zero-order chi connectivity index (χ0) is 11.7. The van der Waals surface area contributed by atoms with Crippen molar-refractivity contribution in [2.24, 2.45) is 5.73 Å². The van der Waals surface area contributed by atoms with Gasteiger partial charge >= 0.3 is 5.97 Å². The summed E-state index contributed by atoms with van der Waals surface area (Å²) in [7, 11) is 0. The van der Waals surface area contributed by atoms with Crippen molar-refractivity contribution in [1.29, 1.82) is 0 Å². The number of unbranched alkanes of at least 4 members (excludes halogenated alkanes) is 1. The van der Waals surface area contributed by atoms with Gasteiger partial charge in [0.25, 0.3) is 5.09 Å². The van der Waals surface area contributed by atoms with Gasteiger partial charge in [0.1, 0.15) is 6.04 Å². The van der Waals surface area contributed by atoms with Crippen LogP contribution in [0.3, 0.4) is 0 Å². The Kier molecular flexibility index (Phi) is 7.74. The van der Waals surface area contributed by atoms with E-state index in [2.05, 4.69) is 17.5 Å². The monoisotopic (exact) mass is 238 g/mol. The molecule has 2 N–H and O–H groups in total. The molecule has 0 aromatic heterocycles. The number of carbonyl (C=O) groups excluding carboxylic acids is 1. The Morgan fingerprint density at radius 2 is 2.07 bits per heavy atom. The fourth-order valence-electron chi connectivity index (χ4n) is 0.698. The second kappa shape index (κ2) is 8.30. The summed E-state index contributed by atoms with van der Waals surface area (Å²) in [6, 6.07) is -0.719. The number of hydrogen-bond acceptors (Lipinski definition) is 7. The Hall–Kier alpha value is -1.02. The van der Waals surface area contributed by atoms with Gasteiger partial charge in [-0.15, -0.1) is 10.1 Å². The number of ether oxygens (including phenoxy) is 1. The van der Waals surface area contributed by atoms with Crippen LogP contribution in [-0.2, 0) is 14.4 Å². The van der Waals surface area contributed by atoms with Crippen LogP contribution in [-0.4, -0.2) is 36.1 Å². The van der Waals surface area contributed by atoms with E-state index in [1.807, 2.05) is 0 Å². The Morgan fingerprint density at radius 1 is 1.47 bits per heavy atom. The first-order valence-electron chi connectivity index (χ1n) is 4.38. The van der Waals surface area contributed by atoms with E-state index in [0.29, 0.717) is 12.8 Å². The number of esters is 1. The zero-order valence-electron chi connectivity index (χ0n) is 8.13. The van der Waals surface area contributed by atoms with Crippen LogP contribution in [0.25, 0.3) is 0 Å². The van der Waals surface area contributed by atoms with Crippen molar-refractivity contribution in [3.05, 3.63) is 10.1 Å². The highest BCUT2D eigenvalue weighted by Gasteiger charge is 2.11. The Labute approximate surface area is 92.4 Å². The average molecular weight is 238 g/mol. The summed E-state index contributed by atoms with van der Waals surface area (Å²) in [6.45, 7) is 0.185. The molecule has 0 radical (unpaired) electrons. The minimum absolute atomic E-state index is 0.00315. The zero-order valence-corrected chi connectivity index (χ0v) is 9.02. The molecule has 0 saturated heterocycles. The van der Waals surface area contributed by atoms with Crippen molar-refractivity contribution in [3.8, 4) is 0 Å². The van der Waals surface area contributed by atoms with E-state index < -0.39 is 17.1 Å². The number of nitrogens with zero attached hydrogens (tertiary/aromatic N) is 1. The van der Waals surface area contributed by atoms with Gasteiger partial charge in [-0.25, -0.2) is 0 Å². The smallest absolute Gasteiger partial charge is 0.323 e. The molecule has 1 atom stereocenters. The van der Waals surface area contributed by atoms with Gasteiger partial charge < -0.3 is 15.3 Å². The van der Waals surface area contributed by atoms with Gasteiger partial charge in [-0.3, -0.25) is 4.79 Å². The molecule has 0 heterocycles. The first kappa shape index (κ1) is 14.0. The maximum atomic E-state index is 11.0. The van der Waals surface area contributed by atoms with Gasteiger partial charge in [0.2, 0.25) is 0 Å². The minimum atomic E-state index is -0.858. The lowest BCUT2D eigenvalue weighted by Crippen LogP contribution is -2.34. The molecule has 88 valence electrons. The van der Waals surface area contributed by atoms with E-state index >= 15 is 0 Å². The molecule has 0 aromatic rings. The summed E-state index contributed by atoms with van der Waals surface area (Å²) in [4.78, 5) is 24.8. The number of rotatable bonds is 8. The maximum absolute atomic E-state index is 11.0. The molecule has 0 amide bonds. The van der Waals surface area contributed by atoms with Crippen LogP contribution >= 0.6 is 12.6 Å². The van der Waals surface area contributed by atoms with E-state index in [0.717, 1.165) is 0 Å². The Balaban J connectivity index is 3.31. The second-order valence-electron chi connectivity index (χ2n) is 2.72. The molecule has 15 heavy (non-hydrogen) atoms. The topological polar surface area (TPSA) is 105 Å². The molecule has 0 aromatic carbocycles. The van der Waals surface area contributed by atoms with Crippen LogP contribution in [0.4, 0.5) is 0 Å². The predicted molar refractivity (Wildman–Crippen MR) is 55.0 cm³/mol.